The predicted molar refractivity (Wildman–Crippen MR) is 168 cm³/mol. The molecule has 240 valence electrons. The minimum atomic E-state index is -1.08. The van der Waals surface area contributed by atoms with Gasteiger partial charge in [0.05, 0.1) is 12.7 Å². The molecule has 3 rings (SSSR count). The maximum atomic E-state index is 13.6. The highest BCUT2D eigenvalue weighted by atomic mass is 16.6. The standard InChI is InChI=1S/C33H47N5O6/c1-6-21(2)18-28(37-31(42)25-15-17-29(40)35-25)38(19-23-12-9-11-22-10-7-8-13-24(22)23)20-30(41)36-26(14-16-27(34)39)32(43)44-33(3,4)5/h7-13,21,25-26,28H,6,14-20H2,1-5H3,(H2,34,39)(H,35,40)(H,36,41)(H,37,42)/t21-,25-,26-,28?/m0/s1. The largest absolute Gasteiger partial charge is 0.458 e. The molecule has 1 saturated heterocycles. The Morgan fingerprint density at radius 2 is 1.80 bits per heavy atom. The van der Waals surface area contributed by atoms with Gasteiger partial charge < -0.3 is 26.4 Å². The Kier molecular flexibility index (Phi) is 12.3. The highest BCUT2D eigenvalue weighted by Crippen LogP contribution is 2.23. The lowest BCUT2D eigenvalue weighted by molar-refractivity contribution is -0.159. The Morgan fingerprint density at radius 1 is 1.09 bits per heavy atom. The van der Waals surface area contributed by atoms with Crippen LogP contribution in [0.15, 0.2) is 42.5 Å². The summed E-state index contributed by atoms with van der Waals surface area (Å²) in [4.78, 5) is 65.2. The van der Waals surface area contributed by atoms with Gasteiger partial charge in [-0.15, -0.1) is 0 Å². The van der Waals surface area contributed by atoms with Crippen molar-refractivity contribution in [1.82, 2.24) is 20.9 Å². The van der Waals surface area contributed by atoms with Gasteiger partial charge in [-0.25, -0.2) is 4.79 Å². The Balaban J connectivity index is 1.93. The number of carbonyl (C=O) groups excluding carboxylic acids is 5. The molecule has 0 aliphatic carbocycles. The maximum Gasteiger partial charge on any atom is 0.329 e. The summed E-state index contributed by atoms with van der Waals surface area (Å²) in [5, 5.41) is 10.6. The van der Waals surface area contributed by atoms with Crippen molar-refractivity contribution < 1.29 is 28.7 Å². The van der Waals surface area contributed by atoms with Crippen LogP contribution in [0.25, 0.3) is 10.8 Å². The quantitative estimate of drug-likeness (QED) is 0.178. The van der Waals surface area contributed by atoms with E-state index in [4.69, 9.17) is 10.5 Å². The van der Waals surface area contributed by atoms with Gasteiger partial charge in [0.25, 0.3) is 0 Å². The molecule has 1 heterocycles. The van der Waals surface area contributed by atoms with Crippen molar-refractivity contribution in [2.24, 2.45) is 11.7 Å². The summed E-state index contributed by atoms with van der Waals surface area (Å²) in [6.07, 6.45) is 1.44. The monoisotopic (exact) mass is 609 g/mol. The van der Waals surface area contributed by atoms with Crippen LogP contribution < -0.4 is 21.7 Å². The molecule has 0 radical (unpaired) electrons. The summed E-state index contributed by atoms with van der Waals surface area (Å²) in [6.45, 7) is 9.47. The van der Waals surface area contributed by atoms with Gasteiger partial charge in [0, 0.05) is 19.4 Å². The first-order valence-electron chi connectivity index (χ1n) is 15.4. The lowest BCUT2D eigenvalue weighted by atomic mass is 10.00. The van der Waals surface area contributed by atoms with Crippen LogP contribution in [-0.4, -0.2) is 64.9 Å². The number of amides is 4. The van der Waals surface area contributed by atoms with Gasteiger partial charge in [0.1, 0.15) is 17.7 Å². The van der Waals surface area contributed by atoms with Crippen LogP contribution in [0.1, 0.15) is 78.7 Å². The third-order valence-corrected chi connectivity index (χ3v) is 7.69. The average Bonchev–Trinajstić information content (AvgIpc) is 3.39. The number of rotatable bonds is 15. The van der Waals surface area contributed by atoms with Crippen molar-refractivity contribution in [2.75, 3.05) is 6.54 Å². The van der Waals surface area contributed by atoms with Gasteiger partial charge in [-0.2, -0.15) is 0 Å². The number of nitrogens with zero attached hydrogens (tertiary/aromatic N) is 1. The van der Waals surface area contributed by atoms with Crippen LogP contribution in [0.4, 0.5) is 0 Å². The molecule has 44 heavy (non-hydrogen) atoms. The molecule has 0 saturated carbocycles. The van der Waals surface area contributed by atoms with E-state index in [1.54, 1.807) is 20.8 Å². The summed E-state index contributed by atoms with van der Waals surface area (Å²) in [5.74, 6) is -1.99. The van der Waals surface area contributed by atoms with Crippen LogP contribution >= 0.6 is 0 Å². The number of hydrogen-bond donors (Lipinski definition) is 4. The number of nitrogens with one attached hydrogen (secondary N) is 3. The molecule has 5 N–H and O–H groups in total. The van der Waals surface area contributed by atoms with E-state index in [0.717, 1.165) is 22.8 Å². The zero-order valence-corrected chi connectivity index (χ0v) is 26.5. The molecule has 4 atom stereocenters. The van der Waals surface area contributed by atoms with Gasteiger partial charge in [-0.1, -0.05) is 62.7 Å². The molecule has 4 amide bonds. The summed E-state index contributed by atoms with van der Waals surface area (Å²) < 4.78 is 5.50. The number of ether oxygens (including phenoxy) is 1. The molecule has 11 heteroatoms. The van der Waals surface area contributed by atoms with Gasteiger partial charge >= 0.3 is 5.97 Å². The van der Waals surface area contributed by atoms with Crippen molar-refractivity contribution in [3.05, 3.63) is 48.0 Å². The lowest BCUT2D eigenvalue weighted by Gasteiger charge is -2.35. The van der Waals surface area contributed by atoms with Crippen molar-refractivity contribution in [2.45, 2.75) is 104 Å². The second-order valence-corrected chi connectivity index (χ2v) is 12.6. The van der Waals surface area contributed by atoms with Crippen LogP contribution in [0.3, 0.4) is 0 Å². The molecule has 1 aliphatic rings. The molecule has 0 spiro atoms. The van der Waals surface area contributed by atoms with Crippen molar-refractivity contribution in [3.63, 3.8) is 0 Å². The molecule has 2 aromatic carbocycles. The van der Waals surface area contributed by atoms with Crippen molar-refractivity contribution in [3.8, 4) is 0 Å². The SMILES string of the molecule is CC[C@H](C)CC(NC(=O)[C@@H]1CCC(=O)N1)N(CC(=O)N[C@@H](CCC(N)=O)C(=O)OC(C)(C)C)Cc1cccc2ccccc12. The smallest absolute Gasteiger partial charge is 0.329 e. The first-order chi connectivity index (χ1) is 20.8. The van der Waals surface area contributed by atoms with E-state index in [2.05, 4.69) is 29.8 Å². The second-order valence-electron chi connectivity index (χ2n) is 12.6. The minimum Gasteiger partial charge on any atom is -0.458 e. The highest BCUT2D eigenvalue weighted by Gasteiger charge is 2.33. The third kappa shape index (κ3) is 10.6. The third-order valence-electron chi connectivity index (χ3n) is 7.69. The number of hydrogen-bond acceptors (Lipinski definition) is 7. The fraction of sp³-hybridized carbons (Fsp3) is 0.545. The Bertz CT molecular complexity index is 1330. The number of benzene rings is 2. The number of primary amides is 1. The van der Waals surface area contributed by atoms with Crippen molar-refractivity contribution in [1.29, 1.82) is 0 Å². The van der Waals surface area contributed by atoms with E-state index >= 15 is 0 Å². The Hall–Kier alpha value is -3.99. The normalized spacial score (nSPS) is 17.0. The van der Waals surface area contributed by atoms with Crippen LogP contribution in [0, 0.1) is 5.92 Å². The fourth-order valence-corrected chi connectivity index (χ4v) is 5.18. The fourth-order valence-electron chi connectivity index (χ4n) is 5.18. The zero-order valence-electron chi connectivity index (χ0n) is 26.5. The molecule has 2 aromatic rings. The number of nitrogens with two attached hydrogens (primary N) is 1. The molecular formula is C33H47N5O6. The van der Waals surface area contributed by atoms with E-state index in [-0.39, 0.29) is 43.5 Å². The highest BCUT2D eigenvalue weighted by molar-refractivity contribution is 5.91. The van der Waals surface area contributed by atoms with Gasteiger partial charge in [0.15, 0.2) is 0 Å². The molecule has 1 unspecified atom stereocenters. The van der Waals surface area contributed by atoms with Crippen LogP contribution in [-0.2, 0) is 35.3 Å². The molecule has 0 bridgehead atoms. The summed E-state index contributed by atoms with van der Waals surface area (Å²) in [7, 11) is 0. The van der Waals surface area contributed by atoms with Crippen LogP contribution in [0.5, 0.6) is 0 Å². The molecule has 0 aromatic heterocycles. The zero-order chi connectivity index (χ0) is 32.4. The average molecular weight is 610 g/mol. The van der Waals surface area contributed by atoms with Crippen molar-refractivity contribution >= 4 is 40.4 Å². The first kappa shape index (κ1) is 34.5. The Labute approximate surface area is 259 Å². The van der Waals surface area contributed by atoms with E-state index < -0.39 is 41.6 Å². The van der Waals surface area contributed by atoms with E-state index in [0.29, 0.717) is 19.4 Å². The predicted octanol–water partition coefficient (Wildman–Crippen LogP) is 2.89. The van der Waals surface area contributed by atoms with E-state index in [9.17, 15) is 24.0 Å². The summed E-state index contributed by atoms with van der Waals surface area (Å²) >= 11 is 0. The molecular weight excluding hydrogens is 562 g/mol. The Morgan fingerprint density at radius 3 is 2.43 bits per heavy atom. The lowest BCUT2D eigenvalue weighted by Crippen LogP contribution is -2.56. The number of esters is 1. The number of fused-ring (bicyclic) bond motifs is 1. The van der Waals surface area contributed by atoms with Gasteiger partial charge in [0.2, 0.25) is 23.6 Å². The number of carbonyl (C=O) groups is 5. The minimum absolute atomic E-state index is 0.00623. The summed E-state index contributed by atoms with van der Waals surface area (Å²) in [6, 6.07) is 12.2. The van der Waals surface area contributed by atoms with Gasteiger partial charge in [-0.05, 0) is 62.3 Å². The molecule has 11 nitrogen and oxygen atoms in total. The second kappa shape index (κ2) is 15.7. The first-order valence-corrected chi connectivity index (χ1v) is 15.4. The van der Waals surface area contributed by atoms with E-state index in [1.807, 2.05) is 47.4 Å². The van der Waals surface area contributed by atoms with Gasteiger partial charge in [-0.3, -0.25) is 24.1 Å². The summed E-state index contributed by atoms with van der Waals surface area (Å²) in [5.41, 5.74) is 5.51. The van der Waals surface area contributed by atoms with Crippen LogP contribution in [0.2, 0.25) is 0 Å². The molecule has 1 aliphatic heterocycles. The maximum absolute atomic E-state index is 13.6. The topological polar surface area (TPSA) is 160 Å². The van der Waals surface area contributed by atoms with E-state index in [1.165, 1.54) is 0 Å². The molecule has 1 fully saturated rings.